The van der Waals surface area contributed by atoms with Crippen molar-refractivity contribution in [3.63, 3.8) is 0 Å². The van der Waals surface area contributed by atoms with Gasteiger partial charge in [0.25, 0.3) is 0 Å². The summed E-state index contributed by atoms with van der Waals surface area (Å²) in [5.74, 6) is 1.45. The Kier molecular flexibility index (Phi) is 9.81. The van der Waals surface area contributed by atoms with Gasteiger partial charge in [-0.2, -0.15) is 0 Å². The van der Waals surface area contributed by atoms with E-state index in [2.05, 4.69) is 6.92 Å². The average Bonchev–Trinajstić information content (AvgIpc) is 2.64. The van der Waals surface area contributed by atoms with Crippen LogP contribution in [0.25, 0.3) is 0 Å². The Morgan fingerprint density at radius 1 is 0.960 bits per heavy atom. The molecule has 1 unspecified atom stereocenters. The van der Waals surface area contributed by atoms with Gasteiger partial charge in [0.1, 0.15) is 0 Å². The van der Waals surface area contributed by atoms with Gasteiger partial charge in [-0.1, -0.05) is 33.1 Å². The first kappa shape index (κ1) is 21.1. The second kappa shape index (κ2) is 11.6. The zero-order chi connectivity index (χ0) is 18.7. The van der Waals surface area contributed by atoms with Crippen LogP contribution in [-0.4, -0.2) is 33.9 Å². The molecule has 0 radical (unpaired) electrons. The first-order valence-corrected chi connectivity index (χ1v) is 9.06. The molecule has 0 aliphatic rings. The third-order valence-corrected chi connectivity index (χ3v) is 4.27. The number of hydrogen-bond donors (Lipinski definition) is 0. The van der Waals surface area contributed by atoms with Crippen molar-refractivity contribution in [2.24, 2.45) is 5.92 Å². The van der Waals surface area contributed by atoms with Crippen molar-refractivity contribution in [1.29, 1.82) is 0 Å². The number of carbonyl (C=O) groups is 1. The fourth-order valence-corrected chi connectivity index (χ4v) is 2.75. The molecule has 0 heterocycles. The van der Waals surface area contributed by atoms with E-state index in [1.807, 2.05) is 19.1 Å². The van der Waals surface area contributed by atoms with E-state index in [0.29, 0.717) is 30.3 Å². The van der Waals surface area contributed by atoms with E-state index in [0.717, 1.165) is 24.8 Å². The Labute approximate surface area is 151 Å². The highest BCUT2D eigenvalue weighted by Gasteiger charge is 2.21. The summed E-state index contributed by atoms with van der Waals surface area (Å²) in [5.41, 5.74) is 0.962. The highest BCUT2D eigenvalue weighted by Crippen LogP contribution is 2.38. The van der Waals surface area contributed by atoms with Gasteiger partial charge in [-0.05, 0) is 37.0 Å². The second-order valence-corrected chi connectivity index (χ2v) is 6.07. The minimum atomic E-state index is -0.172. The van der Waals surface area contributed by atoms with Crippen molar-refractivity contribution in [3.8, 4) is 17.2 Å². The molecular weight excluding hydrogens is 320 g/mol. The van der Waals surface area contributed by atoms with Gasteiger partial charge in [0, 0.05) is 0 Å². The molecule has 0 spiro atoms. The van der Waals surface area contributed by atoms with E-state index in [9.17, 15) is 4.79 Å². The lowest BCUT2D eigenvalue weighted by Crippen LogP contribution is -2.20. The molecule has 0 aromatic heterocycles. The van der Waals surface area contributed by atoms with Crippen LogP contribution in [0.1, 0.15) is 51.5 Å². The molecular formula is C20H32O5. The second-order valence-electron chi connectivity index (χ2n) is 6.07. The first-order valence-electron chi connectivity index (χ1n) is 9.06. The van der Waals surface area contributed by atoms with Gasteiger partial charge in [0.2, 0.25) is 5.75 Å². The third-order valence-electron chi connectivity index (χ3n) is 4.27. The molecule has 25 heavy (non-hydrogen) atoms. The van der Waals surface area contributed by atoms with Crippen molar-refractivity contribution in [1.82, 2.24) is 0 Å². The van der Waals surface area contributed by atoms with E-state index >= 15 is 0 Å². The minimum Gasteiger partial charge on any atom is -0.493 e. The van der Waals surface area contributed by atoms with E-state index in [1.165, 1.54) is 12.8 Å². The lowest BCUT2D eigenvalue weighted by molar-refractivity contribution is -0.148. The van der Waals surface area contributed by atoms with Crippen LogP contribution in [0.2, 0.25) is 0 Å². The average molecular weight is 352 g/mol. The van der Waals surface area contributed by atoms with Crippen LogP contribution < -0.4 is 14.2 Å². The number of ether oxygens (including phenoxy) is 4. The number of hydrogen-bond acceptors (Lipinski definition) is 5. The first-order chi connectivity index (χ1) is 12.1. The van der Waals surface area contributed by atoms with E-state index in [1.54, 1.807) is 21.3 Å². The SMILES string of the molecule is CCCCCCOC(=O)C(CC)Cc1cc(OC)c(OC)c(OC)c1. The fraction of sp³-hybridized carbons (Fsp3) is 0.650. The molecule has 1 aromatic rings. The summed E-state index contributed by atoms with van der Waals surface area (Å²) in [4.78, 5) is 12.3. The molecule has 0 N–H and O–H groups in total. The van der Waals surface area contributed by atoms with Crippen molar-refractivity contribution in [2.75, 3.05) is 27.9 Å². The summed E-state index contributed by atoms with van der Waals surface area (Å²) in [7, 11) is 4.75. The van der Waals surface area contributed by atoms with Crippen LogP contribution >= 0.6 is 0 Å². The monoisotopic (exact) mass is 352 g/mol. The molecule has 142 valence electrons. The van der Waals surface area contributed by atoms with Crippen molar-refractivity contribution >= 4 is 5.97 Å². The van der Waals surface area contributed by atoms with E-state index < -0.39 is 0 Å². The largest absolute Gasteiger partial charge is 0.493 e. The van der Waals surface area contributed by atoms with Crippen LogP contribution in [0.15, 0.2) is 12.1 Å². The quantitative estimate of drug-likeness (QED) is 0.412. The molecule has 0 bridgehead atoms. The standard InChI is InChI=1S/C20H32O5/c1-6-8-9-10-11-25-20(21)16(7-2)12-15-13-17(22-3)19(24-5)18(14-15)23-4/h13-14,16H,6-12H2,1-5H3. The van der Waals surface area contributed by atoms with Gasteiger partial charge in [-0.15, -0.1) is 0 Å². The Morgan fingerprint density at radius 3 is 2.08 bits per heavy atom. The van der Waals surface area contributed by atoms with Crippen LogP contribution in [-0.2, 0) is 16.0 Å². The lowest BCUT2D eigenvalue weighted by atomic mass is 9.96. The fourth-order valence-electron chi connectivity index (χ4n) is 2.75. The highest BCUT2D eigenvalue weighted by molar-refractivity contribution is 5.73. The Morgan fingerprint density at radius 2 is 1.60 bits per heavy atom. The Bertz CT molecular complexity index is 502. The highest BCUT2D eigenvalue weighted by atomic mass is 16.5. The van der Waals surface area contributed by atoms with Gasteiger partial charge >= 0.3 is 5.97 Å². The molecule has 5 heteroatoms. The normalized spacial score (nSPS) is 11.7. The zero-order valence-electron chi connectivity index (χ0n) is 16.2. The number of methoxy groups -OCH3 is 3. The molecule has 1 rings (SSSR count). The summed E-state index contributed by atoms with van der Waals surface area (Å²) < 4.78 is 21.5. The number of carbonyl (C=O) groups excluding carboxylic acids is 1. The topological polar surface area (TPSA) is 54.0 Å². The van der Waals surface area contributed by atoms with Crippen molar-refractivity contribution in [2.45, 2.75) is 52.4 Å². The molecule has 0 fully saturated rings. The predicted octanol–water partition coefficient (Wildman–Crippen LogP) is 4.40. The van der Waals surface area contributed by atoms with Crippen LogP contribution in [0.3, 0.4) is 0 Å². The lowest BCUT2D eigenvalue weighted by Gasteiger charge is -2.17. The van der Waals surface area contributed by atoms with Gasteiger partial charge in [0.05, 0.1) is 33.9 Å². The van der Waals surface area contributed by atoms with E-state index in [4.69, 9.17) is 18.9 Å². The smallest absolute Gasteiger partial charge is 0.309 e. The maximum absolute atomic E-state index is 12.3. The third kappa shape index (κ3) is 6.48. The minimum absolute atomic E-state index is 0.132. The summed E-state index contributed by atoms with van der Waals surface area (Å²) in [5, 5.41) is 0. The summed E-state index contributed by atoms with van der Waals surface area (Å²) >= 11 is 0. The molecule has 1 aromatic carbocycles. The van der Waals surface area contributed by atoms with Crippen molar-refractivity contribution in [3.05, 3.63) is 17.7 Å². The van der Waals surface area contributed by atoms with E-state index in [-0.39, 0.29) is 11.9 Å². The summed E-state index contributed by atoms with van der Waals surface area (Å²) in [6.45, 7) is 4.67. The maximum Gasteiger partial charge on any atom is 0.309 e. The maximum atomic E-state index is 12.3. The Balaban J connectivity index is 2.75. The molecule has 5 nitrogen and oxygen atoms in total. The number of esters is 1. The number of benzene rings is 1. The molecule has 0 saturated carbocycles. The van der Waals surface area contributed by atoms with Crippen LogP contribution in [0.4, 0.5) is 0 Å². The van der Waals surface area contributed by atoms with Gasteiger partial charge < -0.3 is 18.9 Å². The molecule has 0 saturated heterocycles. The molecule has 1 atom stereocenters. The Hall–Kier alpha value is -1.91. The molecule has 0 aliphatic heterocycles. The van der Waals surface area contributed by atoms with Crippen LogP contribution in [0, 0.1) is 5.92 Å². The summed E-state index contributed by atoms with van der Waals surface area (Å²) in [6, 6.07) is 3.77. The predicted molar refractivity (Wildman–Crippen MR) is 98.7 cm³/mol. The molecule has 0 aliphatic carbocycles. The van der Waals surface area contributed by atoms with Gasteiger partial charge in [0.15, 0.2) is 11.5 Å². The van der Waals surface area contributed by atoms with Crippen molar-refractivity contribution < 1.29 is 23.7 Å². The van der Waals surface area contributed by atoms with Gasteiger partial charge in [-0.25, -0.2) is 0 Å². The summed E-state index contributed by atoms with van der Waals surface area (Å²) in [6.07, 6.45) is 5.70. The number of unbranched alkanes of at least 4 members (excludes halogenated alkanes) is 3. The zero-order valence-corrected chi connectivity index (χ0v) is 16.2. The molecule has 0 amide bonds. The van der Waals surface area contributed by atoms with Gasteiger partial charge in [-0.3, -0.25) is 4.79 Å². The number of rotatable bonds is 12. The van der Waals surface area contributed by atoms with Crippen LogP contribution in [0.5, 0.6) is 17.2 Å².